The summed E-state index contributed by atoms with van der Waals surface area (Å²) in [4.78, 5) is 19.3. The maximum Gasteiger partial charge on any atom is 0.252 e. The summed E-state index contributed by atoms with van der Waals surface area (Å²) >= 11 is 5.19. The minimum atomic E-state index is -1.27. The third kappa shape index (κ3) is 8.87. The Morgan fingerprint density at radius 2 is 1.76 bits per heavy atom. The first-order chi connectivity index (χ1) is 22.5. The molecule has 4 aromatic rings. The lowest BCUT2D eigenvalue weighted by atomic mass is 9.84. The average Bonchev–Trinajstić information content (AvgIpc) is 3.47. The number of hydrogen-bond acceptors (Lipinski definition) is 6. The lowest BCUT2D eigenvalue weighted by Gasteiger charge is -2.30. The summed E-state index contributed by atoms with van der Waals surface area (Å²) in [5, 5.41) is 12.2. The van der Waals surface area contributed by atoms with Gasteiger partial charge < -0.3 is 19.9 Å². The molecule has 2 N–H and O–H groups in total. The Hall–Kier alpha value is -3.92. The number of aliphatic hydroxyl groups is 1. The van der Waals surface area contributed by atoms with Gasteiger partial charge in [0.2, 0.25) is 5.90 Å². The monoisotopic (exact) mass is 702 g/mol. The van der Waals surface area contributed by atoms with Crippen LogP contribution in [0.2, 0.25) is 0 Å². The normalized spacial score (nSPS) is 17.5. The van der Waals surface area contributed by atoms with Crippen LogP contribution in [0.5, 0.6) is 5.75 Å². The van der Waals surface area contributed by atoms with Gasteiger partial charge in [-0.1, -0.05) is 82.7 Å². The van der Waals surface area contributed by atoms with Crippen LogP contribution in [0.1, 0.15) is 41.2 Å². The van der Waals surface area contributed by atoms with E-state index in [1.54, 1.807) is 23.9 Å². The van der Waals surface area contributed by atoms with Gasteiger partial charge in [0.25, 0.3) is 5.91 Å². The van der Waals surface area contributed by atoms with Crippen LogP contribution in [0.4, 0.5) is 4.39 Å². The predicted molar refractivity (Wildman–Crippen MR) is 187 cm³/mol. The van der Waals surface area contributed by atoms with Crippen molar-refractivity contribution in [3.8, 4) is 5.75 Å². The molecule has 0 saturated heterocycles. The molecule has 0 spiro atoms. The second-order valence-electron chi connectivity index (χ2n) is 10.8. The van der Waals surface area contributed by atoms with Crippen molar-refractivity contribution in [1.82, 2.24) is 5.32 Å². The highest BCUT2D eigenvalue weighted by molar-refractivity contribution is 9.10. The van der Waals surface area contributed by atoms with Crippen molar-refractivity contribution >= 4 is 45.6 Å². The molecule has 2 atom stereocenters. The molecule has 1 aliphatic heterocycles. The molecule has 0 bridgehead atoms. The average molecular weight is 704 g/mol. The molecule has 0 aromatic heterocycles. The molecule has 6 nitrogen and oxygen atoms in total. The van der Waals surface area contributed by atoms with Gasteiger partial charge in [-0.3, -0.25) is 4.79 Å². The Bertz CT molecular complexity index is 1620. The van der Waals surface area contributed by atoms with Crippen LogP contribution in [0.3, 0.4) is 0 Å². The highest BCUT2D eigenvalue weighted by Crippen LogP contribution is 2.43. The third-order valence-electron chi connectivity index (χ3n) is 7.46. The lowest BCUT2D eigenvalue weighted by molar-refractivity contribution is -0.128. The number of ether oxygens (including phenoxy) is 2. The summed E-state index contributed by atoms with van der Waals surface area (Å²) in [5.74, 6) is 1.97. The molecule has 4 aromatic carbocycles. The van der Waals surface area contributed by atoms with Crippen molar-refractivity contribution in [2.45, 2.75) is 30.2 Å². The number of aliphatic imine (C=N–C) groups is 1. The fourth-order valence-corrected chi connectivity index (χ4v) is 6.14. The number of hydrogen-bond donors (Lipinski definition) is 2. The largest absolute Gasteiger partial charge is 0.494 e. The number of amides is 1. The maximum absolute atomic E-state index is 14.3. The molecule has 0 aliphatic carbocycles. The van der Waals surface area contributed by atoms with Gasteiger partial charge in [0.1, 0.15) is 11.6 Å². The quantitative estimate of drug-likeness (QED) is 0.124. The van der Waals surface area contributed by atoms with E-state index in [4.69, 9.17) is 19.6 Å². The zero-order valence-corrected chi connectivity index (χ0v) is 27.7. The molecular weight excluding hydrogens is 667 g/mol. The molecular formula is C37H36BrFN2O4S. The minimum Gasteiger partial charge on any atom is -0.494 e. The molecule has 9 heteroatoms. The molecule has 46 heavy (non-hydrogen) atoms. The molecule has 0 saturated carbocycles. The molecule has 5 rings (SSSR count). The first-order valence-corrected chi connectivity index (χ1v) is 17.1. The molecule has 1 heterocycles. The summed E-state index contributed by atoms with van der Waals surface area (Å²) in [6.07, 6.45) is 4.16. The van der Waals surface area contributed by atoms with Gasteiger partial charge in [-0.05, 0) is 65.2 Å². The molecule has 0 unspecified atom stereocenters. The number of carbonyl (C=O) groups is 1. The van der Waals surface area contributed by atoms with Crippen LogP contribution in [0.15, 0.2) is 119 Å². The summed E-state index contributed by atoms with van der Waals surface area (Å²) < 4.78 is 26.5. The Kier molecular flexibility index (Phi) is 12.1. The van der Waals surface area contributed by atoms with Gasteiger partial charge in [-0.15, -0.1) is 0 Å². The van der Waals surface area contributed by atoms with Crippen molar-refractivity contribution in [3.63, 3.8) is 0 Å². The van der Waals surface area contributed by atoms with Gasteiger partial charge in [0.15, 0.2) is 11.6 Å². The standard InChI is InChI=1S/C37H36BrFN2O4S/c38-31-15-11-29(12-16-31)34-37(21-4-8-27-6-2-1-3-7-27,36(43)40-22-25-46-26-28-9-17-32(39)18-10-28)41-35(45-34)30-13-19-33(20-14-30)44-24-5-23-42/h1-4,6-20,34,42H,5,21-26H2,(H,40,43)/b8-4+/t34-,37-/m1/s1. The lowest BCUT2D eigenvalue weighted by Crippen LogP contribution is -2.48. The van der Waals surface area contributed by atoms with Gasteiger partial charge >= 0.3 is 0 Å². The summed E-state index contributed by atoms with van der Waals surface area (Å²) in [7, 11) is 0. The van der Waals surface area contributed by atoms with Gasteiger partial charge in [-0.25, -0.2) is 9.38 Å². The van der Waals surface area contributed by atoms with E-state index in [1.165, 1.54) is 12.1 Å². The summed E-state index contributed by atoms with van der Waals surface area (Å²) in [6.45, 7) is 0.917. The number of rotatable bonds is 15. The number of thioether (sulfide) groups is 1. The van der Waals surface area contributed by atoms with Crippen LogP contribution in [0.25, 0.3) is 6.08 Å². The van der Waals surface area contributed by atoms with Crippen molar-refractivity contribution in [2.75, 3.05) is 25.5 Å². The first kappa shape index (κ1) is 33.4. The second kappa shape index (κ2) is 16.6. The molecule has 238 valence electrons. The van der Waals surface area contributed by atoms with E-state index in [1.807, 2.05) is 91.0 Å². The number of nitrogens with one attached hydrogen (secondary N) is 1. The van der Waals surface area contributed by atoms with E-state index >= 15 is 0 Å². The number of carbonyl (C=O) groups excluding carboxylic acids is 1. The Morgan fingerprint density at radius 1 is 1.02 bits per heavy atom. The summed E-state index contributed by atoms with van der Waals surface area (Å²) in [5.41, 5.74) is 2.34. The highest BCUT2D eigenvalue weighted by Gasteiger charge is 2.52. The maximum atomic E-state index is 14.3. The molecule has 1 aliphatic rings. The van der Waals surface area contributed by atoms with Gasteiger partial charge in [-0.2, -0.15) is 11.8 Å². The van der Waals surface area contributed by atoms with E-state index in [0.717, 1.165) is 26.7 Å². The Labute approximate surface area is 281 Å². The topological polar surface area (TPSA) is 80.2 Å². The SMILES string of the molecule is O=C(NCCSCc1ccc(F)cc1)[C@]1(C/C=C/c2ccccc2)N=C(c2ccc(OCCCO)cc2)O[C@@H]1c1ccc(Br)cc1. The van der Waals surface area contributed by atoms with Crippen molar-refractivity contribution in [3.05, 3.63) is 142 Å². The number of halogens is 2. The van der Waals surface area contributed by atoms with Crippen LogP contribution in [-0.2, 0) is 15.3 Å². The zero-order valence-electron chi connectivity index (χ0n) is 25.3. The van der Waals surface area contributed by atoms with E-state index < -0.39 is 11.6 Å². The van der Waals surface area contributed by atoms with Gasteiger partial charge in [0, 0.05) is 47.5 Å². The van der Waals surface area contributed by atoms with Crippen molar-refractivity contribution in [1.29, 1.82) is 0 Å². The molecule has 0 fully saturated rings. The number of nitrogens with zero attached hydrogens (tertiary/aromatic N) is 1. The second-order valence-corrected chi connectivity index (χ2v) is 12.8. The van der Waals surface area contributed by atoms with Crippen molar-refractivity contribution < 1.29 is 23.8 Å². The summed E-state index contributed by atoms with van der Waals surface area (Å²) in [6, 6.07) is 31.6. The van der Waals surface area contributed by atoms with Crippen LogP contribution >= 0.6 is 27.7 Å². The van der Waals surface area contributed by atoms with Crippen LogP contribution < -0.4 is 10.1 Å². The molecule has 1 amide bonds. The highest BCUT2D eigenvalue weighted by atomic mass is 79.9. The Morgan fingerprint density at radius 3 is 2.48 bits per heavy atom. The number of aliphatic hydroxyl groups excluding tert-OH is 1. The molecule has 0 radical (unpaired) electrons. The van der Waals surface area contributed by atoms with E-state index in [9.17, 15) is 9.18 Å². The minimum absolute atomic E-state index is 0.0655. The predicted octanol–water partition coefficient (Wildman–Crippen LogP) is 7.76. The van der Waals surface area contributed by atoms with E-state index in [-0.39, 0.29) is 18.3 Å². The Balaban J connectivity index is 1.41. The number of benzene rings is 4. The third-order valence-corrected chi connectivity index (χ3v) is 9.01. The first-order valence-electron chi connectivity index (χ1n) is 15.1. The van der Waals surface area contributed by atoms with E-state index in [2.05, 4.69) is 21.2 Å². The van der Waals surface area contributed by atoms with Crippen LogP contribution in [-0.4, -0.2) is 48.0 Å². The smallest absolute Gasteiger partial charge is 0.252 e. The van der Waals surface area contributed by atoms with Crippen molar-refractivity contribution in [2.24, 2.45) is 4.99 Å². The van der Waals surface area contributed by atoms with Gasteiger partial charge in [0.05, 0.1) is 6.61 Å². The fourth-order valence-electron chi connectivity index (χ4n) is 5.05. The zero-order chi connectivity index (χ0) is 32.2. The van der Waals surface area contributed by atoms with E-state index in [0.29, 0.717) is 49.1 Å². The fraction of sp³-hybridized carbons (Fsp3) is 0.243. The van der Waals surface area contributed by atoms with Crippen LogP contribution in [0, 0.1) is 5.82 Å².